The minimum Gasteiger partial charge on any atom is -0.493 e. The van der Waals surface area contributed by atoms with Crippen molar-refractivity contribution in [1.82, 2.24) is 0 Å². The molecule has 0 saturated heterocycles. The highest BCUT2D eigenvalue weighted by molar-refractivity contribution is 6.03. The molecule has 0 saturated carbocycles. The molecule has 0 bridgehead atoms. The molecule has 1 aromatic rings. The second-order valence-electron chi connectivity index (χ2n) is 3.86. The summed E-state index contributed by atoms with van der Waals surface area (Å²) in [7, 11) is 4.83. The van der Waals surface area contributed by atoms with E-state index in [1.165, 1.54) is 0 Å². The van der Waals surface area contributed by atoms with E-state index in [0.717, 1.165) is 0 Å². The number of rotatable bonds is 7. The number of nitrogens with zero attached hydrogens (tertiary/aromatic N) is 2. The third-order valence-electron chi connectivity index (χ3n) is 2.61. The number of aliphatic imine (C=N–C) groups is 2. The molecule has 0 unspecified atom stereocenters. The van der Waals surface area contributed by atoms with Gasteiger partial charge in [0.2, 0.25) is 0 Å². The first kappa shape index (κ1) is 16.0. The van der Waals surface area contributed by atoms with Crippen molar-refractivity contribution in [1.29, 1.82) is 0 Å². The molecule has 1 rings (SSSR count). The number of methoxy groups -OCH3 is 2. The highest BCUT2D eigenvalue weighted by Crippen LogP contribution is 2.34. The summed E-state index contributed by atoms with van der Waals surface area (Å²) in [5, 5.41) is 0. The fraction of sp³-hybridized carbons (Fsp3) is 0.429. The molecule has 110 valence electrons. The summed E-state index contributed by atoms with van der Waals surface area (Å²) >= 11 is 0. The van der Waals surface area contributed by atoms with Gasteiger partial charge in [-0.05, 0) is 13.0 Å². The van der Waals surface area contributed by atoms with Crippen LogP contribution in [-0.4, -0.2) is 46.5 Å². The van der Waals surface area contributed by atoms with Gasteiger partial charge in [0.15, 0.2) is 11.5 Å². The lowest BCUT2D eigenvalue weighted by atomic mass is 10.1. The molecule has 0 aliphatic heterocycles. The van der Waals surface area contributed by atoms with Crippen LogP contribution < -0.4 is 15.2 Å². The Morgan fingerprint density at radius 1 is 1.25 bits per heavy atom. The van der Waals surface area contributed by atoms with Crippen molar-refractivity contribution < 1.29 is 14.2 Å². The van der Waals surface area contributed by atoms with E-state index < -0.39 is 0 Å². The van der Waals surface area contributed by atoms with Gasteiger partial charge < -0.3 is 19.9 Å². The first-order chi connectivity index (χ1) is 9.67. The van der Waals surface area contributed by atoms with E-state index in [9.17, 15) is 0 Å². The molecule has 20 heavy (non-hydrogen) atoms. The third-order valence-corrected chi connectivity index (χ3v) is 2.61. The smallest absolute Gasteiger partial charge is 0.162 e. The molecule has 0 aliphatic carbocycles. The summed E-state index contributed by atoms with van der Waals surface area (Å²) in [5.74, 6) is 1.57. The first-order valence-corrected chi connectivity index (χ1v) is 6.23. The van der Waals surface area contributed by atoms with E-state index in [1.54, 1.807) is 39.6 Å². The summed E-state index contributed by atoms with van der Waals surface area (Å²) < 4.78 is 15.9. The molecular weight excluding hydrogens is 258 g/mol. The monoisotopic (exact) mass is 279 g/mol. The molecule has 0 spiro atoms. The van der Waals surface area contributed by atoms with Crippen molar-refractivity contribution in [2.75, 3.05) is 34.5 Å². The Kier molecular flexibility index (Phi) is 6.52. The molecule has 0 fully saturated rings. The maximum Gasteiger partial charge on any atom is 0.162 e. The molecule has 1 aromatic carbocycles. The molecule has 2 N–H and O–H groups in total. The minimum absolute atomic E-state index is 0.393. The van der Waals surface area contributed by atoms with E-state index in [4.69, 9.17) is 19.9 Å². The average molecular weight is 279 g/mol. The Bertz CT molecular complexity index is 499. The number of hydrogen-bond donors (Lipinski definition) is 1. The van der Waals surface area contributed by atoms with Crippen molar-refractivity contribution in [3.05, 3.63) is 17.7 Å². The van der Waals surface area contributed by atoms with Crippen molar-refractivity contribution in [3.8, 4) is 11.5 Å². The van der Waals surface area contributed by atoms with E-state index in [-0.39, 0.29) is 0 Å². The Labute approximate surface area is 119 Å². The second-order valence-corrected chi connectivity index (χ2v) is 3.86. The summed E-state index contributed by atoms with van der Waals surface area (Å²) in [5.41, 5.74) is 7.29. The van der Waals surface area contributed by atoms with Gasteiger partial charge in [-0.1, -0.05) is 0 Å². The Morgan fingerprint density at radius 3 is 2.55 bits per heavy atom. The number of nitrogens with two attached hydrogens (primary N) is 1. The zero-order valence-electron chi connectivity index (χ0n) is 12.3. The Hall–Kier alpha value is -2.08. The number of hydrogen-bond acceptors (Lipinski definition) is 5. The molecule has 0 radical (unpaired) electrons. The van der Waals surface area contributed by atoms with Gasteiger partial charge in [0.1, 0.15) is 12.4 Å². The zero-order valence-corrected chi connectivity index (χ0v) is 12.3. The zero-order chi connectivity index (χ0) is 15.0. The molecular formula is C14H21N3O3. The number of amidine groups is 1. The van der Waals surface area contributed by atoms with Crippen LogP contribution >= 0.6 is 0 Å². The largest absolute Gasteiger partial charge is 0.493 e. The van der Waals surface area contributed by atoms with Gasteiger partial charge in [-0.2, -0.15) is 0 Å². The van der Waals surface area contributed by atoms with Crippen LogP contribution in [0.2, 0.25) is 0 Å². The second kappa shape index (κ2) is 8.16. The van der Waals surface area contributed by atoms with Crippen molar-refractivity contribution >= 4 is 17.7 Å². The summed E-state index contributed by atoms with van der Waals surface area (Å²) in [4.78, 5) is 8.27. The summed E-state index contributed by atoms with van der Waals surface area (Å²) in [6, 6.07) is 3.55. The van der Waals surface area contributed by atoms with Crippen LogP contribution in [0.5, 0.6) is 11.5 Å². The molecule has 0 aliphatic rings. The molecule has 0 atom stereocenters. The van der Waals surface area contributed by atoms with Crippen LogP contribution in [0.15, 0.2) is 22.1 Å². The van der Waals surface area contributed by atoms with E-state index in [1.807, 2.05) is 6.92 Å². The van der Waals surface area contributed by atoms with E-state index in [2.05, 4.69) is 9.98 Å². The predicted molar refractivity (Wildman–Crippen MR) is 80.8 cm³/mol. The lowest BCUT2D eigenvalue weighted by Crippen LogP contribution is -2.14. The fourth-order valence-corrected chi connectivity index (χ4v) is 1.63. The normalized spacial score (nSPS) is 11.9. The van der Waals surface area contributed by atoms with Crippen molar-refractivity contribution in [3.63, 3.8) is 0 Å². The van der Waals surface area contributed by atoms with Crippen LogP contribution in [0.4, 0.5) is 5.69 Å². The van der Waals surface area contributed by atoms with Crippen molar-refractivity contribution in [2.45, 2.75) is 6.92 Å². The van der Waals surface area contributed by atoms with Crippen LogP contribution in [0.1, 0.15) is 12.5 Å². The van der Waals surface area contributed by atoms with Gasteiger partial charge in [0.05, 0.1) is 19.4 Å². The fourth-order valence-electron chi connectivity index (χ4n) is 1.63. The van der Waals surface area contributed by atoms with Gasteiger partial charge in [0.25, 0.3) is 0 Å². The highest BCUT2D eigenvalue weighted by atomic mass is 16.5. The van der Waals surface area contributed by atoms with E-state index >= 15 is 0 Å². The maximum absolute atomic E-state index is 5.90. The predicted octanol–water partition coefficient (Wildman–Crippen LogP) is 1.78. The first-order valence-electron chi connectivity index (χ1n) is 6.23. The molecule has 0 aromatic heterocycles. The summed E-state index contributed by atoms with van der Waals surface area (Å²) in [6.45, 7) is 2.75. The molecule has 0 heterocycles. The lowest BCUT2D eigenvalue weighted by molar-refractivity contribution is 0.144. The number of ether oxygens (including phenoxy) is 3. The highest BCUT2D eigenvalue weighted by Gasteiger charge is 2.13. The quantitative estimate of drug-likeness (QED) is 0.469. The minimum atomic E-state index is 0.393. The van der Waals surface area contributed by atoms with Gasteiger partial charge in [-0.3, -0.25) is 9.98 Å². The third kappa shape index (κ3) is 3.96. The average Bonchev–Trinajstić information content (AvgIpc) is 2.47. The topological polar surface area (TPSA) is 78.4 Å². The maximum atomic E-state index is 5.90. The van der Waals surface area contributed by atoms with Crippen LogP contribution in [0, 0.1) is 0 Å². The Balaban J connectivity index is 3.23. The van der Waals surface area contributed by atoms with Gasteiger partial charge >= 0.3 is 0 Å². The Morgan fingerprint density at radius 2 is 2.00 bits per heavy atom. The molecule has 0 amide bonds. The van der Waals surface area contributed by atoms with Crippen LogP contribution in [0.25, 0.3) is 0 Å². The van der Waals surface area contributed by atoms with Gasteiger partial charge in [-0.25, -0.2) is 0 Å². The van der Waals surface area contributed by atoms with E-state index in [0.29, 0.717) is 41.8 Å². The molecule has 6 nitrogen and oxygen atoms in total. The standard InChI is InChI=1S/C14H21N3O3/c1-5-17-11-9-12(19-4)13(20-7-6-18-3)8-10(11)14(15)16-2/h5,8-9H,6-7H2,1-4H3,(H2,15,16)/b17-5+. The van der Waals surface area contributed by atoms with Crippen LogP contribution in [-0.2, 0) is 4.74 Å². The van der Waals surface area contributed by atoms with Crippen LogP contribution in [0.3, 0.4) is 0 Å². The van der Waals surface area contributed by atoms with Gasteiger partial charge in [0, 0.05) is 32.0 Å². The van der Waals surface area contributed by atoms with Gasteiger partial charge in [-0.15, -0.1) is 0 Å². The van der Waals surface area contributed by atoms with Crippen molar-refractivity contribution in [2.24, 2.45) is 15.7 Å². The lowest BCUT2D eigenvalue weighted by Gasteiger charge is -2.14. The SMILES string of the molecule is C/C=N/c1cc(OC)c(OCCOC)cc1/C(N)=N\C. The summed E-state index contributed by atoms with van der Waals surface area (Å²) in [6.07, 6.45) is 1.69. The number of benzene rings is 1. The molecule has 6 heteroatoms.